The van der Waals surface area contributed by atoms with Gasteiger partial charge in [-0.1, -0.05) is 61.1 Å². The molecule has 0 amide bonds. The highest BCUT2D eigenvalue weighted by atomic mass is 79.9. The molecular weight excluding hydrogens is 431 g/mol. The number of alkyl halides is 5. The van der Waals surface area contributed by atoms with Crippen molar-refractivity contribution >= 4 is 71.0 Å². The molecular formula is C10H17Br3Cl2. The second-order valence-corrected chi connectivity index (χ2v) is 8.63. The smallest absolute Gasteiger partial charge is 0.0461 e. The molecule has 4 atom stereocenters. The van der Waals surface area contributed by atoms with E-state index in [0.29, 0.717) is 20.4 Å². The van der Waals surface area contributed by atoms with Crippen LogP contribution in [0, 0.1) is 0 Å². The number of halogens is 5. The first-order valence-electron chi connectivity index (χ1n) is 5.09. The van der Waals surface area contributed by atoms with Gasteiger partial charge >= 0.3 is 0 Å². The first-order chi connectivity index (χ1) is 6.97. The number of hydrogen-bond acceptors (Lipinski definition) is 0. The first-order valence-corrected chi connectivity index (χ1v) is 8.81. The Hall–Kier alpha value is 2.02. The predicted octanol–water partition coefficient (Wildman–Crippen LogP) is 5.70. The summed E-state index contributed by atoms with van der Waals surface area (Å²) in [5.41, 5.74) is 0. The van der Waals surface area contributed by atoms with Crippen molar-refractivity contribution in [2.45, 2.75) is 52.5 Å². The van der Waals surface area contributed by atoms with Crippen molar-refractivity contribution < 1.29 is 0 Å². The minimum Gasteiger partial charge on any atom is -0.126 e. The molecule has 0 N–H and O–H groups in total. The van der Waals surface area contributed by atoms with E-state index in [-0.39, 0.29) is 5.38 Å². The topological polar surface area (TPSA) is 0 Å². The third kappa shape index (κ3) is 9.70. The second-order valence-electron chi connectivity index (χ2n) is 3.73. The van der Waals surface area contributed by atoms with Crippen molar-refractivity contribution in [3.05, 3.63) is 0 Å². The minimum absolute atomic E-state index is 0.194. The van der Waals surface area contributed by atoms with Gasteiger partial charge in [-0.3, -0.25) is 0 Å². The van der Waals surface area contributed by atoms with Gasteiger partial charge < -0.3 is 0 Å². The van der Waals surface area contributed by atoms with Crippen LogP contribution in [-0.4, -0.2) is 25.7 Å². The molecule has 0 bridgehead atoms. The molecule has 0 saturated heterocycles. The van der Waals surface area contributed by atoms with Crippen LogP contribution in [0.1, 0.15) is 32.6 Å². The maximum atomic E-state index is 6.29. The Morgan fingerprint density at radius 3 is 2.20 bits per heavy atom. The van der Waals surface area contributed by atoms with Crippen LogP contribution in [0.4, 0.5) is 0 Å². The summed E-state index contributed by atoms with van der Waals surface area (Å²) in [5.74, 6) is 0.629. The predicted molar refractivity (Wildman–Crippen MR) is 82.6 cm³/mol. The number of hydrogen-bond donors (Lipinski definition) is 0. The zero-order chi connectivity index (χ0) is 11.8. The van der Waals surface area contributed by atoms with Gasteiger partial charge in [0.25, 0.3) is 0 Å². The molecule has 0 fully saturated rings. The molecule has 0 heterocycles. The third-order valence-corrected chi connectivity index (χ3v) is 5.86. The van der Waals surface area contributed by atoms with Crippen LogP contribution in [0.3, 0.4) is 0 Å². The summed E-state index contributed by atoms with van der Waals surface area (Å²) in [6.07, 6.45) is 4.36. The summed E-state index contributed by atoms with van der Waals surface area (Å²) in [4.78, 5) is 1.27. The highest BCUT2D eigenvalue weighted by Gasteiger charge is 2.19. The highest BCUT2D eigenvalue weighted by Crippen LogP contribution is 2.25. The molecule has 0 unspecified atom stereocenters. The van der Waals surface area contributed by atoms with E-state index in [2.05, 4.69) is 54.7 Å². The van der Waals surface area contributed by atoms with Gasteiger partial charge in [0.05, 0.1) is 0 Å². The lowest BCUT2D eigenvalue weighted by molar-refractivity contribution is 0.618. The molecule has 92 valence electrons. The molecule has 0 aliphatic carbocycles. The van der Waals surface area contributed by atoms with E-state index in [9.17, 15) is 0 Å². The fraction of sp³-hybridized carbons (Fsp3) is 1.00. The van der Waals surface area contributed by atoms with E-state index in [4.69, 9.17) is 23.2 Å². The van der Waals surface area contributed by atoms with Gasteiger partial charge in [0, 0.05) is 25.7 Å². The van der Waals surface area contributed by atoms with E-state index in [1.54, 1.807) is 0 Å². The quantitative estimate of drug-likeness (QED) is 0.418. The van der Waals surface area contributed by atoms with Gasteiger partial charge in [-0.2, -0.15) is 0 Å². The summed E-state index contributed by atoms with van der Waals surface area (Å²) in [6.45, 7) is 2.16. The molecule has 0 aliphatic heterocycles. The molecule has 0 saturated carbocycles. The molecule has 0 aliphatic rings. The van der Waals surface area contributed by atoms with Crippen LogP contribution < -0.4 is 0 Å². The summed E-state index contributed by atoms with van der Waals surface area (Å²) < 4.78 is 0. The molecule has 0 nitrogen and oxygen atoms in total. The van der Waals surface area contributed by atoms with Crippen LogP contribution in [0.5, 0.6) is 0 Å². The average Bonchev–Trinajstić information content (AvgIpc) is 2.16. The molecule has 0 aromatic heterocycles. The highest BCUT2D eigenvalue weighted by molar-refractivity contribution is 9.10. The molecule has 0 aromatic rings. The van der Waals surface area contributed by atoms with E-state index in [0.717, 1.165) is 19.3 Å². The zero-order valence-corrected chi connectivity index (χ0v) is 15.0. The minimum atomic E-state index is 0.194. The fourth-order valence-electron chi connectivity index (χ4n) is 1.23. The summed E-state index contributed by atoms with van der Waals surface area (Å²) in [7, 11) is 0. The van der Waals surface area contributed by atoms with E-state index in [1.165, 1.54) is 6.42 Å². The van der Waals surface area contributed by atoms with Crippen LogP contribution in [-0.2, 0) is 0 Å². The number of rotatable bonds is 8. The molecule has 5 heteroatoms. The van der Waals surface area contributed by atoms with Crippen molar-refractivity contribution in [2.24, 2.45) is 0 Å². The molecule has 0 rings (SSSR count). The van der Waals surface area contributed by atoms with Gasteiger partial charge in [0.15, 0.2) is 0 Å². The van der Waals surface area contributed by atoms with Crippen molar-refractivity contribution in [3.63, 3.8) is 0 Å². The Balaban J connectivity index is 3.64. The SMILES string of the molecule is C[C@H](Br)CCC[C@H](Cl)[C@H](Br)C[C@H](Br)CCl. The van der Waals surface area contributed by atoms with Crippen LogP contribution in [0.2, 0.25) is 0 Å². The molecule has 15 heavy (non-hydrogen) atoms. The van der Waals surface area contributed by atoms with Crippen LogP contribution in [0.15, 0.2) is 0 Å². The van der Waals surface area contributed by atoms with E-state index >= 15 is 0 Å². The molecule has 0 spiro atoms. The van der Waals surface area contributed by atoms with Gasteiger partial charge in [-0.25, -0.2) is 0 Å². The van der Waals surface area contributed by atoms with Gasteiger partial charge in [0.2, 0.25) is 0 Å². The Labute approximate surface area is 128 Å². The summed E-state index contributed by atoms with van der Waals surface area (Å²) >= 11 is 22.7. The second kappa shape index (κ2) is 9.99. The van der Waals surface area contributed by atoms with Crippen molar-refractivity contribution in [2.75, 3.05) is 5.88 Å². The van der Waals surface area contributed by atoms with Crippen LogP contribution >= 0.6 is 71.0 Å². The first kappa shape index (κ1) is 17.0. The largest absolute Gasteiger partial charge is 0.126 e. The van der Waals surface area contributed by atoms with E-state index < -0.39 is 0 Å². The maximum Gasteiger partial charge on any atom is 0.0461 e. The molecule has 0 radical (unpaired) electrons. The Kier molecular flexibility index (Phi) is 11.3. The normalized spacial score (nSPS) is 19.6. The average molecular weight is 448 g/mol. The standard InChI is InChI=1S/C10H17Br3Cl2/c1-7(11)3-2-4-10(15)9(13)5-8(12)6-14/h7-10H,2-6H2,1H3/t7-,8-,9+,10-/m0/s1. The molecule has 0 aromatic carbocycles. The lowest BCUT2D eigenvalue weighted by atomic mass is 10.1. The van der Waals surface area contributed by atoms with Crippen molar-refractivity contribution in [1.82, 2.24) is 0 Å². The summed E-state index contributed by atoms with van der Waals surface area (Å²) in [5, 5.41) is 0.194. The fourth-order valence-corrected chi connectivity index (χ4v) is 3.56. The van der Waals surface area contributed by atoms with Crippen molar-refractivity contribution in [3.8, 4) is 0 Å². The van der Waals surface area contributed by atoms with Crippen molar-refractivity contribution in [1.29, 1.82) is 0 Å². The van der Waals surface area contributed by atoms with Crippen LogP contribution in [0.25, 0.3) is 0 Å². The van der Waals surface area contributed by atoms with Gasteiger partial charge in [0.1, 0.15) is 0 Å². The Morgan fingerprint density at radius 2 is 1.73 bits per heavy atom. The lowest BCUT2D eigenvalue weighted by Gasteiger charge is -2.18. The lowest BCUT2D eigenvalue weighted by Crippen LogP contribution is -2.19. The monoisotopic (exact) mass is 444 g/mol. The van der Waals surface area contributed by atoms with Gasteiger partial charge in [-0.05, 0) is 19.3 Å². The zero-order valence-electron chi connectivity index (χ0n) is 8.73. The van der Waals surface area contributed by atoms with Gasteiger partial charge in [-0.15, -0.1) is 23.2 Å². The van der Waals surface area contributed by atoms with E-state index in [1.807, 2.05) is 0 Å². The summed E-state index contributed by atoms with van der Waals surface area (Å²) in [6, 6.07) is 0. The Morgan fingerprint density at radius 1 is 1.13 bits per heavy atom. The Bertz CT molecular complexity index is 156. The third-order valence-electron chi connectivity index (χ3n) is 2.12. The maximum absolute atomic E-state index is 6.29.